The number of urea groups is 1. The van der Waals surface area contributed by atoms with Gasteiger partial charge in [-0.3, -0.25) is 5.32 Å². The molecule has 1 aromatic rings. The van der Waals surface area contributed by atoms with E-state index in [4.69, 9.17) is 9.63 Å². The molecule has 1 saturated carbocycles. The summed E-state index contributed by atoms with van der Waals surface area (Å²) in [5, 5.41) is 18.0. The Hall–Kier alpha value is -1.56. The van der Waals surface area contributed by atoms with E-state index in [0.29, 0.717) is 18.1 Å². The van der Waals surface area contributed by atoms with Gasteiger partial charge in [-0.2, -0.15) is 0 Å². The maximum Gasteiger partial charge on any atom is 0.320 e. The second-order valence-corrected chi connectivity index (χ2v) is 4.29. The second-order valence-electron chi connectivity index (χ2n) is 4.29. The molecule has 0 saturated heterocycles. The fourth-order valence-corrected chi connectivity index (χ4v) is 1.42. The molecule has 16 heavy (non-hydrogen) atoms. The van der Waals surface area contributed by atoms with Gasteiger partial charge < -0.3 is 14.9 Å². The molecule has 0 aliphatic heterocycles. The Morgan fingerprint density at radius 3 is 2.94 bits per heavy atom. The highest BCUT2D eigenvalue weighted by Gasteiger charge is 2.42. The van der Waals surface area contributed by atoms with Gasteiger partial charge in [0.05, 0.1) is 6.61 Å². The zero-order chi connectivity index (χ0) is 11.6. The average Bonchev–Trinajstić information content (AvgIpc) is 2.95. The predicted octanol–water partition coefficient (Wildman–Crippen LogP) is 0.877. The van der Waals surface area contributed by atoms with Gasteiger partial charge in [-0.15, -0.1) is 0 Å². The smallest absolute Gasteiger partial charge is 0.320 e. The molecule has 2 rings (SSSR count). The van der Waals surface area contributed by atoms with Crippen LogP contribution in [0.3, 0.4) is 0 Å². The molecule has 0 radical (unpaired) electrons. The molecular formula is C10H15N3O3. The molecular weight excluding hydrogens is 210 g/mol. The molecule has 0 atom stereocenters. The molecule has 1 aliphatic rings. The first-order valence-electron chi connectivity index (χ1n) is 5.23. The third kappa shape index (κ3) is 2.52. The standard InChI is InChI=1S/C10H15N3O3/c1-7-4-8(13-16-7)12-9(15)11-5-10(6-14)2-3-10/h4,14H,2-3,5-6H2,1H3,(H2,11,12,13,15). The van der Waals surface area contributed by atoms with Crippen LogP contribution >= 0.6 is 0 Å². The summed E-state index contributed by atoms with van der Waals surface area (Å²) in [5.74, 6) is 1.04. The highest BCUT2D eigenvalue weighted by molar-refractivity contribution is 5.88. The van der Waals surface area contributed by atoms with E-state index in [-0.39, 0.29) is 18.1 Å². The van der Waals surface area contributed by atoms with Crippen LogP contribution in [0.25, 0.3) is 0 Å². The lowest BCUT2D eigenvalue weighted by molar-refractivity contribution is 0.206. The van der Waals surface area contributed by atoms with Crippen LogP contribution in [0.5, 0.6) is 0 Å². The summed E-state index contributed by atoms with van der Waals surface area (Å²) in [6.45, 7) is 2.36. The number of carbonyl (C=O) groups excluding carboxylic acids is 1. The SMILES string of the molecule is Cc1cc(NC(=O)NCC2(CO)CC2)no1. The van der Waals surface area contributed by atoms with Crippen molar-refractivity contribution >= 4 is 11.8 Å². The largest absolute Gasteiger partial charge is 0.396 e. The molecule has 6 heteroatoms. The highest BCUT2D eigenvalue weighted by Crippen LogP contribution is 2.44. The fraction of sp³-hybridized carbons (Fsp3) is 0.600. The van der Waals surface area contributed by atoms with Crippen LogP contribution in [0, 0.1) is 12.3 Å². The first kappa shape index (κ1) is 10.9. The number of aryl methyl sites for hydroxylation is 1. The lowest BCUT2D eigenvalue weighted by atomic mass is 10.1. The Balaban J connectivity index is 1.76. The minimum absolute atomic E-state index is 0.0862. The van der Waals surface area contributed by atoms with Crippen LogP contribution in [0.1, 0.15) is 18.6 Å². The first-order chi connectivity index (χ1) is 7.63. The Kier molecular flexibility index (Phi) is 2.82. The molecule has 2 amide bonds. The monoisotopic (exact) mass is 225 g/mol. The van der Waals surface area contributed by atoms with E-state index in [9.17, 15) is 4.79 Å². The van der Waals surface area contributed by atoms with Crippen molar-refractivity contribution in [2.24, 2.45) is 5.41 Å². The van der Waals surface area contributed by atoms with E-state index < -0.39 is 0 Å². The van der Waals surface area contributed by atoms with Gasteiger partial charge in [-0.1, -0.05) is 5.16 Å². The number of amides is 2. The van der Waals surface area contributed by atoms with Crippen molar-refractivity contribution < 1.29 is 14.4 Å². The summed E-state index contributed by atoms with van der Waals surface area (Å²) in [5.41, 5.74) is -0.0862. The van der Waals surface area contributed by atoms with Crippen LogP contribution in [0.15, 0.2) is 10.6 Å². The number of nitrogens with one attached hydrogen (secondary N) is 2. The third-order valence-electron chi connectivity index (χ3n) is 2.79. The van der Waals surface area contributed by atoms with Gasteiger partial charge in [0, 0.05) is 18.0 Å². The van der Waals surface area contributed by atoms with Crippen LogP contribution in [-0.4, -0.2) is 29.4 Å². The molecule has 1 fully saturated rings. The van der Waals surface area contributed by atoms with Crippen molar-refractivity contribution in [1.82, 2.24) is 10.5 Å². The summed E-state index contributed by atoms with van der Waals surface area (Å²) in [6, 6.07) is 1.31. The molecule has 0 bridgehead atoms. The molecule has 0 spiro atoms. The van der Waals surface area contributed by atoms with Crippen molar-refractivity contribution in [2.45, 2.75) is 19.8 Å². The van der Waals surface area contributed by atoms with Crippen LogP contribution in [-0.2, 0) is 0 Å². The number of rotatable bonds is 4. The molecule has 1 aromatic heterocycles. The normalized spacial score (nSPS) is 16.9. The molecule has 3 N–H and O–H groups in total. The molecule has 1 heterocycles. The van der Waals surface area contributed by atoms with E-state index in [2.05, 4.69) is 15.8 Å². The first-order valence-corrected chi connectivity index (χ1v) is 5.23. The number of anilines is 1. The van der Waals surface area contributed by atoms with E-state index in [1.807, 2.05) is 0 Å². The fourth-order valence-electron chi connectivity index (χ4n) is 1.42. The maximum absolute atomic E-state index is 11.4. The zero-order valence-electron chi connectivity index (χ0n) is 9.12. The van der Waals surface area contributed by atoms with Gasteiger partial charge in [0.15, 0.2) is 5.82 Å². The summed E-state index contributed by atoms with van der Waals surface area (Å²) >= 11 is 0. The Bertz CT molecular complexity index is 384. The van der Waals surface area contributed by atoms with Crippen molar-refractivity contribution in [3.8, 4) is 0 Å². The predicted molar refractivity (Wildman–Crippen MR) is 57.0 cm³/mol. The molecule has 6 nitrogen and oxygen atoms in total. The number of hydrogen-bond donors (Lipinski definition) is 3. The van der Waals surface area contributed by atoms with Crippen molar-refractivity contribution in [1.29, 1.82) is 0 Å². The van der Waals surface area contributed by atoms with Gasteiger partial charge >= 0.3 is 6.03 Å². The maximum atomic E-state index is 11.4. The number of nitrogens with zero attached hydrogens (tertiary/aromatic N) is 1. The number of aromatic nitrogens is 1. The molecule has 88 valence electrons. The molecule has 0 aromatic carbocycles. The van der Waals surface area contributed by atoms with Crippen LogP contribution in [0.4, 0.5) is 10.6 Å². The summed E-state index contributed by atoms with van der Waals surface area (Å²) in [4.78, 5) is 11.4. The van der Waals surface area contributed by atoms with Gasteiger partial charge in [-0.05, 0) is 19.8 Å². The lowest BCUT2D eigenvalue weighted by Crippen LogP contribution is -2.35. The van der Waals surface area contributed by atoms with Gasteiger partial charge in [0.25, 0.3) is 0 Å². The summed E-state index contributed by atoms with van der Waals surface area (Å²) < 4.78 is 4.81. The minimum Gasteiger partial charge on any atom is -0.396 e. The van der Waals surface area contributed by atoms with E-state index in [1.54, 1.807) is 13.0 Å². The van der Waals surface area contributed by atoms with E-state index in [0.717, 1.165) is 12.8 Å². The molecule has 1 aliphatic carbocycles. The Labute approximate surface area is 93.0 Å². The Morgan fingerprint density at radius 2 is 2.44 bits per heavy atom. The number of hydrogen-bond acceptors (Lipinski definition) is 4. The average molecular weight is 225 g/mol. The minimum atomic E-state index is -0.326. The van der Waals surface area contributed by atoms with Crippen LogP contribution < -0.4 is 10.6 Å². The van der Waals surface area contributed by atoms with Crippen molar-refractivity contribution in [2.75, 3.05) is 18.5 Å². The van der Waals surface area contributed by atoms with E-state index in [1.165, 1.54) is 0 Å². The van der Waals surface area contributed by atoms with Gasteiger partial charge in [-0.25, -0.2) is 4.79 Å². The van der Waals surface area contributed by atoms with Crippen LogP contribution in [0.2, 0.25) is 0 Å². The quantitative estimate of drug-likeness (QED) is 0.709. The topological polar surface area (TPSA) is 87.4 Å². The number of carbonyl (C=O) groups is 1. The zero-order valence-corrected chi connectivity index (χ0v) is 9.12. The summed E-state index contributed by atoms with van der Waals surface area (Å²) in [7, 11) is 0. The third-order valence-corrected chi connectivity index (χ3v) is 2.79. The number of aliphatic hydroxyl groups excluding tert-OH is 1. The lowest BCUT2D eigenvalue weighted by Gasteiger charge is -2.12. The molecule has 0 unspecified atom stereocenters. The van der Waals surface area contributed by atoms with Crippen molar-refractivity contribution in [3.05, 3.63) is 11.8 Å². The van der Waals surface area contributed by atoms with Crippen molar-refractivity contribution in [3.63, 3.8) is 0 Å². The van der Waals surface area contributed by atoms with Gasteiger partial charge in [0.2, 0.25) is 0 Å². The second kappa shape index (κ2) is 4.13. The van der Waals surface area contributed by atoms with Gasteiger partial charge in [0.1, 0.15) is 5.76 Å². The summed E-state index contributed by atoms with van der Waals surface area (Å²) in [6.07, 6.45) is 1.93. The highest BCUT2D eigenvalue weighted by atomic mass is 16.5. The Morgan fingerprint density at radius 1 is 1.69 bits per heavy atom. The van der Waals surface area contributed by atoms with E-state index >= 15 is 0 Å². The number of aliphatic hydroxyl groups is 1.